The summed E-state index contributed by atoms with van der Waals surface area (Å²) in [6, 6.07) is 0.659. The topological polar surface area (TPSA) is 18.8 Å². The first-order valence-corrected chi connectivity index (χ1v) is 6.71. The molecule has 0 bridgehead atoms. The molecule has 1 heterocycles. The van der Waals surface area contributed by atoms with Gasteiger partial charge in [-0.1, -0.05) is 12.5 Å². The maximum absolute atomic E-state index is 4.42. The van der Waals surface area contributed by atoms with Gasteiger partial charge < -0.3 is 4.90 Å². The minimum absolute atomic E-state index is 0.659. The van der Waals surface area contributed by atoms with Crippen molar-refractivity contribution in [2.75, 3.05) is 33.2 Å². The van der Waals surface area contributed by atoms with Gasteiger partial charge in [-0.05, 0) is 33.3 Å². The molecule has 0 aromatic heterocycles. The SMILES string of the molecule is CC/C(C)=C\C(=NC)N1CCN(C(C)C)CC1. The van der Waals surface area contributed by atoms with E-state index in [4.69, 9.17) is 0 Å². The quantitative estimate of drug-likeness (QED) is 0.554. The number of hydrogen-bond donors (Lipinski definition) is 0. The van der Waals surface area contributed by atoms with Crippen LogP contribution in [0.4, 0.5) is 0 Å². The second kappa shape index (κ2) is 6.80. The van der Waals surface area contributed by atoms with Gasteiger partial charge in [0.15, 0.2) is 0 Å². The third-order valence-corrected chi connectivity index (χ3v) is 3.53. The van der Waals surface area contributed by atoms with Crippen LogP contribution in [0, 0.1) is 0 Å². The number of amidine groups is 1. The molecule has 0 aromatic rings. The van der Waals surface area contributed by atoms with Crippen molar-refractivity contribution in [1.82, 2.24) is 9.80 Å². The minimum atomic E-state index is 0.659. The van der Waals surface area contributed by atoms with Gasteiger partial charge in [0.25, 0.3) is 0 Å². The number of allylic oxidation sites excluding steroid dienone is 1. The van der Waals surface area contributed by atoms with Crippen molar-refractivity contribution in [2.45, 2.75) is 40.2 Å². The van der Waals surface area contributed by atoms with E-state index < -0.39 is 0 Å². The third-order valence-electron chi connectivity index (χ3n) is 3.53. The average Bonchev–Trinajstić information content (AvgIpc) is 2.35. The van der Waals surface area contributed by atoms with E-state index in [0.29, 0.717) is 6.04 Å². The predicted molar refractivity (Wildman–Crippen MR) is 75.7 cm³/mol. The van der Waals surface area contributed by atoms with E-state index in [2.05, 4.69) is 48.6 Å². The molecule has 98 valence electrons. The molecule has 1 aliphatic rings. The van der Waals surface area contributed by atoms with Crippen LogP contribution in [0.1, 0.15) is 34.1 Å². The molecule has 0 atom stereocenters. The lowest BCUT2D eigenvalue weighted by Crippen LogP contribution is -2.50. The molecule has 1 aliphatic heterocycles. The van der Waals surface area contributed by atoms with Gasteiger partial charge in [0.05, 0.1) is 0 Å². The molecule has 0 amide bonds. The highest BCUT2D eigenvalue weighted by atomic mass is 15.3. The molecule has 0 aliphatic carbocycles. The first kappa shape index (κ1) is 14.2. The standard InChI is InChI=1S/C14H27N3/c1-6-13(4)11-14(15-5)17-9-7-16(8-10-17)12(2)3/h11-12H,6-10H2,1-5H3/b13-11-,15-14?. The Bertz CT molecular complexity index is 284. The molecule has 1 fully saturated rings. The summed E-state index contributed by atoms with van der Waals surface area (Å²) in [5, 5.41) is 0. The van der Waals surface area contributed by atoms with E-state index in [1.807, 2.05) is 7.05 Å². The fourth-order valence-electron chi connectivity index (χ4n) is 2.09. The van der Waals surface area contributed by atoms with Crippen molar-refractivity contribution in [3.63, 3.8) is 0 Å². The molecule has 3 nitrogen and oxygen atoms in total. The van der Waals surface area contributed by atoms with Gasteiger partial charge in [-0.15, -0.1) is 0 Å². The van der Waals surface area contributed by atoms with E-state index in [-0.39, 0.29) is 0 Å². The molecule has 0 spiro atoms. The molecule has 0 unspecified atom stereocenters. The lowest BCUT2D eigenvalue weighted by atomic mass is 10.2. The fraction of sp³-hybridized carbons (Fsp3) is 0.786. The molecule has 1 rings (SSSR count). The summed E-state index contributed by atoms with van der Waals surface area (Å²) < 4.78 is 0. The zero-order chi connectivity index (χ0) is 12.8. The van der Waals surface area contributed by atoms with Crippen molar-refractivity contribution in [3.8, 4) is 0 Å². The largest absolute Gasteiger partial charge is 0.354 e. The van der Waals surface area contributed by atoms with E-state index in [1.54, 1.807) is 0 Å². The van der Waals surface area contributed by atoms with Crippen LogP contribution >= 0.6 is 0 Å². The summed E-state index contributed by atoms with van der Waals surface area (Å²) in [6.45, 7) is 13.4. The molecule has 0 radical (unpaired) electrons. The maximum atomic E-state index is 4.42. The highest BCUT2D eigenvalue weighted by molar-refractivity contribution is 5.93. The average molecular weight is 237 g/mol. The zero-order valence-corrected chi connectivity index (χ0v) is 12.0. The van der Waals surface area contributed by atoms with E-state index in [1.165, 1.54) is 5.57 Å². The third kappa shape index (κ3) is 4.15. The smallest absolute Gasteiger partial charge is 0.123 e. The first-order chi connectivity index (χ1) is 8.08. The summed E-state index contributed by atoms with van der Waals surface area (Å²) in [4.78, 5) is 9.35. The number of hydrogen-bond acceptors (Lipinski definition) is 2. The van der Waals surface area contributed by atoms with Gasteiger partial charge in [0, 0.05) is 39.3 Å². The van der Waals surface area contributed by atoms with Gasteiger partial charge in [-0.2, -0.15) is 0 Å². The van der Waals surface area contributed by atoms with E-state index >= 15 is 0 Å². The van der Waals surface area contributed by atoms with Crippen molar-refractivity contribution >= 4 is 5.84 Å². The van der Waals surface area contributed by atoms with Crippen LogP contribution in [0.2, 0.25) is 0 Å². The lowest BCUT2D eigenvalue weighted by Gasteiger charge is -2.38. The van der Waals surface area contributed by atoms with Crippen molar-refractivity contribution < 1.29 is 0 Å². The van der Waals surface area contributed by atoms with Gasteiger partial charge in [0.2, 0.25) is 0 Å². The number of nitrogens with zero attached hydrogens (tertiary/aromatic N) is 3. The maximum Gasteiger partial charge on any atom is 0.123 e. The number of aliphatic imine (C=N–C) groups is 1. The first-order valence-electron chi connectivity index (χ1n) is 6.71. The van der Waals surface area contributed by atoms with Crippen molar-refractivity contribution in [3.05, 3.63) is 11.6 Å². The summed E-state index contributed by atoms with van der Waals surface area (Å²) in [7, 11) is 1.89. The highest BCUT2D eigenvalue weighted by Crippen LogP contribution is 2.09. The zero-order valence-electron chi connectivity index (χ0n) is 12.0. The van der Waals surface area contributed by atoms with Gasteiger partial charge >= 0.3 is 0 Å². The van der Waals surface area contributed by atoms with Crippen LogP contribution in [0.3, 0.4) is 0 Å². The fourth-order valence-corrected chi connectivity index (χ4v) is 2.09. The van der Waals surface area contributed by atoms with Gasteiger partial charge in [-0.3, -0.25) is 9.89 Å². The second-order valence-electron chi connectivity index (χ2n) is 5.04. The van der Waals surface area contributed by atoms with Crippen LogP contribution in [0.15, 0.2) is 16.6 Å². The molecular formula is C14H27N3. The summed E-state index contributed by atoms with van der Waals surface area (Å²) in [5.74, 6) is 1.15. The minimum Gasteiger partial charge on any atom is -0.354 e. The van der Waals surface area contributed by atoms with Crippen molar-refractivity contribution in [2.24, 2.45) is 4.99 Å². The second-order valence-corrected chi connectivity index (χ2v) is 5.04. The van der Waals surface area contributed by atoms with Crippen LogP contribution in [-0.2, 0) is 0 Å². The molecule has 0 aromatic carbocycles. The Morgan fingerprint density at radius 3 is 2.24 bits per heavy atom. The highest BCUT2D eigenvalue weighted by Gasteiger charge is 2.19. The normalized spacial score (nSPS) is 20.2. The molecule has 0 N–H and O–H groups in total. The number of rotatable bonds is 3. The summed E-state index contributed by atoms with van der Waals surface area (Å²) in [6.07, 6.45) is 3.33. The summed E-state index contributed by atoms with van der Waals surface area (Å²) >= 11 is 0. The Morgan fingerprint density at radius 1 is 1.24 bits per heavy atom. The van der Waals surface area contributed by atoms with Crippen LogP contribution in [0.25, 0.3) is 0 Å². The molecule has 17 heavy (non-hydrogen) atoms. The molecule has 3 heteroatoms. The summed E-state index contributed by atoms with van der Waals surface area (Å²) in [5.41, 5.74) is 1.40. The van der Waals surface area contributed by atoms with Gasteiger partial charge in [0.1, 0.15) is 5.84 Å². The van der Waals surface area contributed by atoms with Gasteiger partial charge in [-0.25, -0.2) is 0 Å². The number of piperazine rings is 1. The van der Waals surface area contributed by atoms with Crippen LogP contribution in [-0.4, -0.2) is 54.9 Å². The Balaban J connectivity index is 2.58. The Hall–Kier alpha value is -0.830. The van der Waals surface area contributed by atoms with Crippen LogP contribution < -0.4 is 0 Å². The molecule has 0 saturated carbocycles. The Kier molecular flexibility index (Phi) is 5.69. The monoisotopic (exact) mass is 237 g/mol. The predicted octanol–water partition coefficient (Wildman–Crippen LogP) is 2.40. The molecule has 1 saturated heterocycles. The van der Waals surface area contributed by atoms with E-state index in [9.17, 15) is 0 Å². The van der Waals surface area contributed by atoms with E-state index in [0.717, 1.165) is 38.4 Å². The van der Waals surface area contributed by atoms with Crippen molar-refractivity contribution in [1.29, 1.82) is 0 Å². The Morgan fingerprint density at radius 2 is 1.82 bits per heavy atom. The Labute approximate surface area is 106 Å². The lowest BCUT2D eigenvalue weighted by molar-refractivity contribution is 0.149. The molecular weight excluding hydrogens is 210 g/mol. The van der Waals surface area contributed by atoms with Crippen LogP contribution in [0.5, 0.6) is 0 Å².